The molecule has 1 aliphatic rings. The van der Waals surface area contributed by atoms with Gasteiger partial charge in [-0.3, -0.25) is 4.79 Å². The van der Waals surface area contributed by atoms with Crippen molar-refractivity contribution < 1.29 is 4.79 Å². The van der Waals surface area contributed by atoms with E-state index in [9.17, 15) is 4.79 Å². The summed E-state index contributed by atoms with van der Waals surface area (Å²) < 4.78 is 0. The molecule has 1 atom stereocenters. The van der Waals surface area contributed by atoms with E-state index in [1.54, 1.807) is 0 Å². The first-order valence-electron chi connectivity index (χ1n) is 7.09. The monoisotopic (exact) mass is 281 g/mol. The lowest BCUT2D eigenvalue weighted by Crippen LogP contribution is -2.33. The summed E-state index contributed by atoms with van der Waals surface area (Å²) in [6.07, 6.45) is 5.22. The Morgan fingerprint density at radius 1 is 1.47 bits per heavy atom. The highest BCUT2D eigenvalue weighted by Crippen LogP contribution is 2.23. The van der Waals surface area contributed by atoms with Crippen molar-refractivity contribution in [3.8, 4) is 0 Å². The van der Waals surface area contributed by atoms with E-state index in [2.05, 4.69) is 11.9 Å². The van der Waals surface area contributed by atoms with Crippen LogP contribution < -0.4 is 5.73 Å². The predicted molar refractivity (Wildman–Crippen MR) is 79.2 cm³/mol. The van der Waals surface area contributed by atoms with Gasteiger partial charge in [0.15, 0.2) is 5.13 Å². The summed E-state index contributed by atoms with van der Waals surface area (Å²) in [6, 6.07) is 0. The van der Waals surface area contributed by atoms with E-state index in [-0.39, 0.29) is 5.91 Å². The molecule has 1 fully saturated rings. The third kappa shape index (κ3) is 3.69. The van der Waals surface area contributed by atoms with Crippen molar-refractivity contribution in [3.05, 3.63) is 10.6 Å². The topological polar surface area (TPSA) is 59.2 Å². The number of rotatable bonds is 3. The Bertz CT molecular complexity index is 444. The van der Waals surface area contributed by atoms with Crippen LogP contribution in [0.5, 0.6) is 0 Å². The Labute approximate surface area is 119 Å². The normalized spacial score (nSPS) is 20.3. The van der Waals surface area contributed by atoms with Crippen molar-refractivity contribution in [1.29, 1.82) is 0 Å². The van der Waals surface area contributed by atoms with Crippen LogP contribution in [-0.4, -0.2) is 28.9 Å². The van der Waals surface area contributed by atoms with Crippen molar-refractivity contribution in [2.24, 2.45) is 5.92 Å². The quantitative estimate of drug-likeness (QED) is 0.926. The van der Waals surface area contributed by atoms with Crippen molar-refractivity contribution >= 4 is 22.4 Å². The molecule has 0 radical (unpaired) electrons. The van der Waals surface area contributed by atoms with E-state index in [0.29, 0.717) is 11.6 Å². The number of hydrogen-bond donors (Lipinski definition) is 1. The standard InChI is InChI=1S/C14H23N3OS/c1-3-11-5-4-7-17(8-6-11)13(18)9-12-10(2)16-14(15)19-12/h11H,3-9H2,1-2H3,(H2,15,16)/t11-/m1/s1. The molecular weight excluding hydrogens is 258 g/mol. The van der Waals surface area contributed by atoms with Crippen molar-refractivity contribution in [2.45, 2.75) is 46.0 Å². The Balaban J connectivity index is 1.94. The Hall–Kier alpha value is -1.10. The van der Waals surface area contributed by atoms with E-state index in [1.807, 2.05) is 11.8 Å². The smallest absolute Gasteiger partial charge is 0.227 e. The van der Waals surface area contributed by atoms with Crippen molar-refractivity contribution in [3.63, 3.8) is 0 Å². The maximum Gasteiger partial charge on any atom is 0.227 e. The van der Waals surface area contributed by atoms with Gasteiger partial charge < -0.3 is 10.6 Å². The van der Waals surface area contributed by atoms with E-state index in [1.165, 1.54) is 24.2 Å². The third-order valence-corrected chi connectivity index (χ3v) is 4.99. The SMILES string of the molecule is CC[C@@H]1CCCN(C(=O)Cc2sc(N)nc2C)CC1. The fourth-order valence-corrected chi connectivity index (χ4v) is 3.51. The van der Waals surface area contributed by atoms with E-state index >= 15 is 0 Å². The van der Waals surface area contributed by atoms with Gasteiger partial charge in [0.05, 0.1) is 12.1 Å². The molecule has 0 aliphatic carbocycles. The predicted octanol–water partition coefficient (Wildman–Crippen LogP) is 2.61. The zero-order valence-corrected chi connectivity index (χ0v) is 12.6. The van der Waals surface area contributed by atoms with Gasteiger partial charge in [0.25, 0.3) is 0 Å². The van der Waals surface area contributed by atoms with Gasteiger partial charge in [-0.05, 0) is 32.1 Å². The number of nitrogens with two attached hydrogens (primary N) is 1. The van der Waals surface area contributed by atoms with Crippen LogP contribution in [0.1, 0.15) is 43.2 Å². The number of aromatic nitrogens is 1. The molecule has 1 aromatic heterocycles. The van der Waals surface area contributed by atoms with Gasteiger partial charge >= 0.3 is 0 Å². The average Bonchev–Trinajstić information content (AvgIpc) is 2.59. The van der Waals surface area contributed by atoms with Gasteiger partial charge in [0.2, 0.25) is 5.91 Å². The molecular formula is C14H23N3OS. The van der Waals surface area contributed by atoms with Gasteiger partial charge in [-0.2, -0.15) is 0 Å². The molecule has 106 valence electrons. The number of anilines is 1. The van der Waals surface area contributed by atoms with E-state index < -0.39 is 0 Å². The highest BCUT2D eigenvalue weighted by molar-refractivity contribution is 7.15. The number of thiazole rings is 1. The second kappa shape index (κ2) is 6.37. The van der Waals surface area contributed by atoms with Crippen LogP contribution in [0.4, 0.5) is 5.13 Å². The van der Waals surface area contributed by atoms with Crippen LogP contribution in [0.15, 0.2) is 0 Å². The summed E-state index contributed by atoms with van der Waals surface area (Å²) in [7, 11) is 0. The highest BCUT2D eigenvalue weighted by Gasteiger charge is 2.21. The number of nitrogens with zero attached hydrogens (tertiary/aromatic N) is 2. The van der Waals surface area contributed by atoms with Crippen molar-refractivity contribution in [1.82, 2.24) is 9.88 Å². The van der Waals surface area contributed by atoms with Crippen LogP contribution in [0, 0.1) is 12.8 Å². The summed E-state index contributed by atoms with van der Waals surface area (Å²) in [6.45, 7) is 5.98. The molecule has 5 heteroatoms. The first kappa shape index (κ1) is 14.3. The molecule has 19 heavy (non-hydrogen) atoms. The van der Waals surface area contributed by atoms with Gasteiger partial charge in [-0.25, -0.2) is 4.98 Å². The lowest BCUT2D eigenvalue weighted by atomic mass is 9.98. The highest BCUT2D eigenvalue weighted by atomic mass is 32.1. The molecule has 1 amide bonds. The molecule has 1 aromatic rings. The number of aryl methyl sites for hydroxylation is 1. The molecule has 1 saturated heterocycles. The Kier molecular flexibility index (Phi) is 4.80. The minimum absolute atomic E-state index is 0.225. The first-order chi connectivity index (χ1) is 9.10. The number of carbonyl (C=O) groups is 1. The average molecular weight is 281 g/mol. The molecule has 2 N–H and O–H groups in total. The summed E-state index contributed by atoms with van der Waals surface area (Å²) in [5.41, 5.74) is 6.58. The van der Waals surface area contributed by atoms with Gasteiger partial charge in [-0.15, -0.1) is 11.3 Å². The molecule has 0 aromatic carbocycles. The second-order valence-corrected chi connectivity index (χ2v) is 6.44. The number of hydrogen-bond acceptors (Lipinski definition) is 4. The van der Waals surface area contributed by atoms with Crippen LogP contribution in [0.3, 0.4) is 0 Å². The molecule has 2 rings (SSSR count). The third-order valence-electron chi connectivity index (χ3n) is 4.00. The maximum absolute atomic E-state index is 12.3. The minimum atomic E-state index is 0.225. The van der Waals surface area contributed by atoms with Gasteiger partial charge in [-0.1, -0.05) is 13.3 Å². The summed E-state index contributed by atoms with van der Waals surface area (Å²) in [4.78, 5) is 19.6. The first-order valence-corrected chi connectivity index (χ1v) is 7.91. The number of carbonyl (C=O) groups excluding carboxylic acids is 1. The van der Waals surface area contributed by atoms with Gasteiger partial charge in [0.1, 0.15) is 0 Å². The minimum Gasteiger partial charge on any atom is -0.375 e. The van der Waals surface area contributed by atoms with Crippen LogP contribution in [0.25, 0.3) is 0 Å². The van der Waals surface area contributed by atoms with Gasteiger partial charge in [0, 0.05) is 18.0 Å². The summed E-state index contributed by atoms with van der Waals surface area (Å²) >= 11 is 1.44. The largest absolute Gasteiger partial charge is 0.375 e. The van der Waals surface area contributed by atoms with E-state index in [4.69, 9.17) is 5.73 Å². The molecule has 0 bridgehead atoms. The van der Waals surface area contributed by atoms with E-state index in [0.717, 1.165) is 42.4 Å². The second-order valence-electron chi connectivity index (χ2n) is 5.32. The molecule has 0 unspecified atom stereocenters. The molecule has 2 heterocycles. The van der Waals surface area contributed by atoms with Crippen LogP contribution in [-0.2, 0) is 11.2 Å². The van der Waals surface area contributed by atoms with Crippen molar-refractivity contribution in [2.75, 3.05) is 18.8 Å². The van der Waals surface area contributed by atoms with Crippen LogP contribution >= 0.6 is 11.3 Å². The molecule has 0 saturated carbocycles. The molecule has 1 aliphatic heterocycles. The number of nitrogen functional groups attached to an aromatic ring is 1. The fourth-order valence-electron chi connectivity index (χ4n) is 2.69. The zero-order chi connectivity index (χ0) is 13.8. The maximum atomic E-state index is 12.3. The Morgan fingerprint density at radius 2 is 2.26 bits per heavy atom. The molecule has 0 spiro atoms. The van der Waals surface area contributed by atoms with Crippen LogP contribution in [0.2, 0.25) is 0 Å². The number of likely N-dealkylation sites (tertiary alicyclic amines) is 1. The lowest BCUT2D eigenvalue weighted by molar-refractivity contribution is -0.130. The number of amides is 1. The fraction of sp³-hybridized carbons (Fsp3) is 0.714. The molecule has 4 nitrogen and oxygen atoms in total. The summed E-state index contributed by atoms with van der Waals surface area (Å²) in [5.74, 6) is 1.02. The lowest BCUT2D eigenvalue weighted by Gasteiger charge is -2.20. The zero-order valence-electron chi connectivity index (χ0n) is 11.8. The Morgan fingerprint density at radius 3 is 2.89 bits per heavy atom. The summed E-state index contributed by atoms with van der Waals surface area (Å²) in [5, 5.41) is 0.558.